The summed E-state index contributed by atoms with van der Waals surface area (Å²) in [5.74, 6) is 1.25. The third kappa shape index (κ3) is 4.20. The number of rotatable bonds is 6. The largest absolute Gasteiger partial charge is 0.496 e. The molecule has 0 bridgehead atoms. The average molecular weight is 349 g/mol. The van der Waals surface area contributed by atoms with Gasteiger partial charge in [0, 0.05) is 6.42 Å². The zero-order valence-electron chi connectivity index (χ0n) is 15.4. The number of aryl methyl sites for hydroxylation is 1. The van der Waals surface area contributed by atoms with Crippen LogP contribution in [0.25, 0.3) is 6.08 Å². The van der Waals surface area contributed by atoms with Crippen molar-refractivity contribution in [3.8, 4) is 5.75 Å². The van der Waals surface area contributed by atoms with Gasteiger partial charge in [-0.3, -0.25) is 0 Å². The standard InChI is InChI=1S/C22H23NO3/c1-15(2)18-13-17(9-11-20(18)25-3)14-19-22(24)26-21(23-19)12-10-16-7-5-4-6-8-16/h4-9,11,13-15H,10,12H2,1-3H3/b19-14+. The SMILES string of the molecule is COc1ccc(/C=C2/N=C(CCc3ccccc3)OC2=O)cc1C(C)C. The van der Waals surface area contributed by atoms with Crippen molar-refractivity contribution in [3.63, 3.8) is 0 Å². The predicted molar refractivity (Wildman–Crippen MR) is 103 cm³/mol. The molecule has 2 aromatic carbocycles. The van der Waals surface area contributed by atoms with Crippen LogP contribution < -0.4 is 4.74 Å². The number of ether oxygens (including phenoxy) is 2. The lowest BCUT2D eigenvalue weighted by Gasteiger charge is -2.12. The van der Waals surface area contributed by atoms with Crippen LogP contribution in [-0.2, 0) is 16.0 Å². The summed E-state index contributed by atoms with van der Waals surface area (Å²) < 4.78 is 10.7. The molecular weight excluding hydrogens is 326 g/mol. The minimum absolute atomic E-state index is 0.323. The Labute approximate surface area is 154 Å². The third-order valence-electron chi connectivity index (χ3n) is 4.31. The van der Waals surface area contributed by atoms with Crippen molar-refractivity contribution in [2.75, 3.05) is 7.11 Å². The van der Waals surface area contributed by atoms with Gasteiger partial charge in [-0.2, -0.15) is 0 Å². The first-order valence-corrected chi connectivity index (χ1v) is 8.80. The van der Waals surface area contributed by atoms with Crippen LogP contribution >= 0.6 is 0 Å². The summed E-state index contributed by atoms with van der Waals surface area (Å²) in [5.41, 5.74) is 3.55. The Kier molecular flexibility index (Phi) is 5.52. The zero-order chi connectivity index (χ0) is 18.5. The molecule has 2 aromatic rings. The average Bonchev–Trinajstić information content (AvgIpc) is 3.00. The number of nitrogens with zero attached hydrogens (tertiary/aromatic N) is 1. The normalized spacial score (nSPS) is 15.3. The minimum atomic E-state index is -0.394. The van der Waals surface area contributed by atoms with Crippen LogP contribution in [0.15, 0.2) is 59.2 Å². The smallest absolute Gasteiger partial charge is 0.363 e. The van der Waals surface area contributed by atoms with Crippen molar-refractivity contribution < 1.29 is 14.3 Å². The van der Waals surface area contributed by atoms with E-state index >= 15 is 0 Å². The summed E-state index contributed by atoms with van der Waals surface area (Å²) in [6.07, 6.45) is 3.16. The monoisotopic (exact) mass is 349 g/mol. The van der Waals surface area contributed by atoms with E-state index in [1.54, 1.807) is 13.2 Å². The van der Waals surface area contributed by atoms with E-state index in [0.717, 1.165) is 23.3 Å². The number of benzene rings is 2. The van der Waals surface area contributed by atoms with Gasteiger partial charge in [-0.25, -0.2) is 9.79 Å². The maximum absolute atomic E-state index is 12.1. The number of esters is 1. The molecule has 3 rings (SSSR count). The van der Waals surface area contributed by atoms with E-state index in [1.165, 1.54) is 5.56 Å². The summed E-state index contributed by atoms with van der Waals surface area (Å²) in [4.78, 5) is 16.5. The van der Waals surface area contributed by atoms with E-state index < -0.39 is 5.97 Å². The van der Waals surface area contributed by atoms with E-state index in [1.807, 2.05) is 36.4 Å². The predicted octanol–water partition coefficient (Wildman–Crippen LogP) is 4.75. The molecule has 1 aliphatic rings. The fraction of sp³-hybridized carbons (Fsp3) is 0.273. The number of cyclic esters (lactones) is 1. The second kappa shape index (κ2) is 8.00. The Bertz CT molecular complexity index is 851. The molecule has 4 heteroatoms. The number of methoxy groups -OCH3 is 1. The van der Waals surface area contributed by atoms with Crippen LogP contribution in [0.3, 0.4) is 0 Å². The summed E-state index contributed by atoms with van der Waals surface area (Å²) in [7, 11) is 1.66. The molecule has 0 aromatic heterocycles. The van der Waals surface area contributed by atoms with Gasteiger partial charge in [-0.15, -0.1) is 0 Å². The number of carbonyl (C=O) groups is 1. The van der Waals surface area contributed by atoms with Crippen molar-refractivity contribution in [1.82, 2.24) is 0 Å². The highest BCUT2D eigenvalue weighted by atomic mass is 16.6. The van der Waals surface area contributed by atoms with Crippen LogP contribution in [-0.4, -0.2) is 19.0 Å². The van der Waals surface area contributed by atoms with Crippen molar-refractivity contribution in [2.24, 2.45) is 4.99 Å². The van der Waals surface area contributed by atoms with Crippen LogP contribution in [0.4, 0.5) is 0 Å². The molecule has 1 heterocycles. The molecule has 134 valence electrons. The minimum Gasteiger partial charge on any atom is -0.496 e. The lowest BCUT2D eigenvalue weighted by Crippen LogP contribution is -2.05. The molecule has 1 aliphatic heterocycles. The molecule has 0 fully saturated rings. The molecule has 0 radical (unpaired) electrons. The third-order valence-corrected chi connectivity index (χ3v) is 4.31. The van der Waals surface area contributed by atoms with Gasteiger partial charge in [0.2, 0.25) is 0 Å². The highest BCUT2D eigenvalue weighted by Crippen LogP contribution is 2.28. The lowest BCUT2D eigenvalue weighted by atomic mass is 9.99. The Morgan fingerprint density at radius 1 is 1.12 bits per heavy atom. The molecule has 26 heavy (non-hydrogen) atoms. The van der Waals surface area contributed by atoms with Crippen LogP contribution in [0.5, 0.6) is 5.75 Å². The quantitative estimate of drug-likeness (QED) is 0.559. The maximum Gasteiger partial charge on any atom is 0.363 e. The van der Waals surface area contributed by atoms with E-state index in [9.17, 15) is 4.79 Å². The zero-order valence-corrected chi connectivity index (χ0v) is 15.4. The van der Waals surface area contributed by atoms with Gasteiger partial charge in [-0.05, 0) is 47.2 Å². The second-order valence-corrected chi connectivity index (χ2v) is 6.57. The topological polar surface area (TPSA) is 47.9 Å². The molecule has 0 unspecified atom stereocenters. The Morgan fingerprint density at radius 2 is 1.88 bits per heavy atom. The Hall–Kier alpha value is -2.88. The molecule has 0 spiro atoms. The van der Waals surface area contributed by atoms with Crippen molar-refractivity contribution in [3.05, 3.63) is 70.9 Å². The molecular formula is C22H23NO3. The first kappa shape index (κ1) is 17.9. The molecule has 0 aliphatic carbocycles. The Balaban J connectivity index is 1.77. The van der Waals surface area contributed by atoms with E-state index in [0.29, 0.717) is 23.9 Å². The van der Waals surface area contributed by atoms with Gasteiger partial charge >= 0.3 is 5.97 Å². The molecule has 0 amide bonds. The van der Waals surface area contributed by atoms with Crippen LogP contribution in [0.2, 0.25) is 0 Å². The first-order valence-electron chi connectivity index (χ1n) is 8.80. The molecule has 0 saturated carbocycles. The summed E-state index contributed by atoms with van der Waals surface area (Å²) in [6, 6.07) is 16.0. The van der Waals surface area contributed by atoms with Gasteiger partial charge in [-0.1, -0.05) is 50.2 Å². The first-order chi connectivity index (χ1) is 12.6. The molecule has 0 atom stereocenters. The maximum atomic E-state index is 12.1. The van der Waals surface area contributed by atoms with Gasteiger partial charge < -0.3 is 9.47 Å². The van der Waals surface area contributed by atoms with Crippen LogP contribution in [0, 0.1) is 0 Å². The van der Waals surface area contributed by atoms with Gasteiger partial charge in [0.05, 0.1) is 7.11 Å². The summed E-state index contributed by atoms with van der Waals surface area (Å²) >= 11 is 0. The van der Waals surface area contributed by atoms with E-state index in [-0.39, 0.29) is 0 Å². The Morgan fingerprint density at radius 3 is 2.58 bits per heavy atom. The fourth-order valence-electron chi connectivity index (χ4n) is 2.91. The second-order valence-electron chi connectivity index (χ2n) is 6.57. The van der Waals surface area contributed by atoms with E-state index in [4.69, 9.17) is 9.47 Å². The lowest BCUT2D eigenvalue weighted by molar-refractivity contribution is -0.130. The van der Waals surface area contributed by atoms with Gasteiger partial charge in [0.25, 0.3) is 0 Å². The number of hydrogen-bond donors (Lipinski definition) is 0. The molecule has 4 nitrogen and oxygen atoms in total. The van der Waals surface area contributed by atoms with Crippen molar-refractivity contribution in [1.29, 1.82) is 0 Å². The van der Waals surface area contributed by atoms with Gasteiger partial charge in [0.1, 0.15) is 5.75 Å². The highest BCUT2D eigenvalue weighted by molar-refractivity contribution is 6.07. The molecule has 0 saturated heterocycles. The summed E-state index contributed by atoms with van der Waals surface area (Å²) in [6.45, 7) is 4.22. The number of carbonyl (C=O) groups excluding carboxylic acids is 1. The number of hydrogen-bond acceptors (Lipinski definition) is 4. The highest BCUT2D eigenvalue weighted by Gasteiger charge is 2.22. The fourth-order valence-corrected chi connectivity index (χ4v) is 2.91. The van der Waals surface area contributed by atoms with Gasteiger partial charge in [0.15, 0.2) is 11.6 Å². The van der Waals surface area contributed by atoms with Crippen molar-refractivity contribution in [2.45, 2.75) is 32.6 Å². The van der Waals surface area contributed by atoms with Crippen molar-refractivity contribution >= 4 is 17.9 Å². The summed E-state index contributed by atoms with van der Waals surface area (Å²) in [5, 5.41) is 0. The van der Waals surface area contributed by atoms with E-state index in [2.05, 4.69) is 31.0 Å². The van der Waals surface area contributed by atoms with Crippen LogP contribution in [0.1, 0.15) is 42.9 Å². The number of aliphatic imine (C=N–C) groups is 1. The molecule has 0 N–H and O–H groups in total.